The number of halogens is 7. The van der Waals surface area contributed by atoms with Crippen molar-refractivity contribution in [1.82, 2.24) is 19.6 Å². The van der Waals surface area contributed by atoms with Crippen LogP contribution >= 0.6 is 63.7 Å². The fourth-order valence-corrected chi connectivity index (χ4v) is 7.35. The summed E-state index contributed by atoms with van der Waals surface area (Å²) >= 11 is 13.2. The Morgan fingerprint density at radius 2 is 1.13 bits per heavy atom. The van der Waals surface area contributed by atoms with Crippen LogP contribution in [0.2, 0.25) is 0 Å². The van der Waals surface area contributed by atoms with Crippen molar-refractivity contribution in [2.45, 2.75) is 0 Å². The molecule has 55 heavy (non-hydrogen) atoms. The predicted octanol–water partition coefficient (Wildman–Crippen LogP) is 12.4. The zero-order valence-corrected chi connectivity index (χ0v) is 35.1. The van der Waals surface area contributed by atoms with E-state index in [0.29, 0.717) is 22.1 Å². The number of carbonyl (C=O) groups is 1. The lowest BCUT2D eigenvalue weighted by Crippen LogP contribution is -1.96. The number of nitriles is 2. The van der Waals surface area contributed by atoms with E-state index in [1.54, 1.807) is 64.2 Å². The third-order valence-electron chi connectivity index (χ3n) is 8.05. The topological polar surface area (TPSA) is 100 Å². The van der Waals surface area contributed by atoms with E-state index >= 15 is 0 Å². The van der Waals surface area contributed by atoms with Crippen molar-refractivity contribution in [2.24, 2.45) is 14.1 Å². The molecule has 14 heteroatoms. The third-order valence-corrected chi connectivity index (χ3v) is 10.4. The molecule has 0 N–H and O–H groups in total. The van der Waals surface area contributed by atoms with Gasteiger partial charge in [0.2, 0.25) is 0 Å². The van der Waals surface area contributed by atoms with E-state index in [-0.39, 0.29) is 17.5 Å². The lowest BCUT2D eigenvalue weighted by molar-refractivity contribution is 0.112. The molecular formula is C41H25Br4F3N6O. The maximum absolute atomic E-state index is 13.3. The Morgan fingerprint density at radius 3 is 1.58 bits per heavy atom. The maximum Gasteiger partial charge on any atom is 0.151 e. The Bertz CT molecular complexity index is 2750. The van der Waals surface area contributed by atoms with Gasteiger partial charge >= 0.3 is 0 Å². The highest BCUT2D eigenvalue weighted by Gasteiger charge is 2.16. The molecule has 0 atom stereocenters. The van der Waals surface area contributed by atoms with E-state index < -0.39 is 0 Å². The first kappa shape index (κ1) is 41.1. The summed E-state index contributed by atoms with van der Waals surface area (Å²) < 4.78 is 45.8. The Hall–Kier alpha value is -5.12. The number of rotatable bonds is 2. The number of fused-ring (bicyclic) bond motifs is 3. The molecule has 0 aliphatic rings. The molecule has 0 saturated heterocycles. The van der Waals surface area contributed by atoms with Crippen LogP contribution in [0, 0.1) is 40.1 Å². The number of nitrogens with zero attached hydrogens (tertiary/aromatic N) is 6. The van der Waals surface area contributed by atoms with Crippen molar-refractivity contribution in [3.8, 4) is 23.4 Å². The van der Waals surface area contributed by atoms with Crippen LogP contribution in [-0.2, 0) is 14.1 Å². The average molecular weight is 994 g/mol. The minimum absolute atomic E-state index is 0.288. The molecule has 0 fully saturated rings. The van der Waals surface area contributed by atoms with Gasteiger partial charge in [-0.05, 0) is 118 Å². The highest BCUT2D eigenvalue weighted by atomic mass is 79.9. The number of hydrogen-bond donors (Lipinski definition) is 0. The van der Waals surface area contributed by atoms with Gasteiger partial charge in [0.05, 0.1) is 38.2 Å². The van der Waals surface area contributed by atoms with E-state index in [0.717, 1.165) is 62.4 Å². The van der Waals surface area contributed by atoms with Crippen LogP contribution in [0.1, 0.15) is 21.5 Å². The van der Waals surface area contributed by atoms with Crippen molar-refractivity contribution < 1.29 is 18.0 Å². The molecule has 0 amide bonds. The fourth-order valence-electron chi connectivity index (χ4n) is 5.53. The second-order valence-corrected chi connectivity index (χ2v) is 15.1. The van der Waals surface area contributed by atoms with Gasteiger partial charge in [-0.25, -0.2) is 13.2 Å². The van der Waals surface area contributed by atoms with Gasteiger partial charge in [-0.3, -0.25) is 14.2 Å². The maximum atomic E-state index is 13.3. The quantitative estimate of drug-likeness (QED) is 0.161. The molecule has 8 aromatic rings. The summed E-state index contributed by atoms with van der Waals surface area (Å²) in [4.78, 5) is 10.8. The zero-order valence-electron chi connectivity index (χ0n) is 28.7. The molecule has 0 radical (unpaired) electrons. The van der Waals surface area contributed by atoms with Crippen LogP contribution in [0.15, 0.2) is 127 Å². The van der Waals surface area contributed by atoms with Gasteiger partial charge in [-0.2, -0.15) is 20.7 Å². The second-order valence-electron chi connectivity index (χ2n) is 11.6. The molecule has 7 nitrogen and oxygen atoms in total. The summed E-state index contributed by atoms with van der Waals surface area (Å²) in [6, 6.07) is 28.2. The van der Waals surface area contributed by atoms with E-state index in [1.807, 2.05) is 32.4 Å². The van der Waals surface area contributed by atoms with Gasteiger partial charge in [0.25, 0.3) is 0 Å². The monoisotopic (exact) mass is 990 g/mol. The Morgan fingerprint density at radius 1 is 0.618 bits per heavy atom. The van der Waals surface area contributed by atoms with Crippen LogP contribution in [0.5, 0.6) is 0 Å². The molecule has 6 aromatic carbocycles. The average Bonchev–Trinajstić information content (AvgIpc) is 3.72. The summed E-state index contributed by atoms with van der Waals surface area (Å²) in [5.74, 6) is -0.892. The molecule has 0 unspecified atom stereocenters. The van der Waals surface area contributed by atoms with Crippen molar-refractivity contribution in [2.75, 3.05) is 0 Å². The second kappa shape index (κ2) is 18.5. The van der Waals surface area contributed by atoms with E-state index in [1.165, 1.54) is 36.4 Å². The minimum Gasteiger partial charge on any atom is -0.298 e. The molecular weight excluding hydrogens is 969 g/mol. The molecule has 0 aliphatic carbocycles. The molecule has 2 aromatic heterocycles. The molecule has 0 bridgehead atoms. The van der Waals surface area contributed by atoms with Gasteiger partial charge in [-0.15, -0.1) is 0 Å². The molecule has 0 aliphatic heterocycles. The molecule has 274 valence electrons. The van der Waals surface area contributed by atoms with Gasteiger partial charge in [0, 0.05) is 51.1 Å². The number of hydrogen-bond acceptors (Lipinski definition) is 5. The number of aryl methyl sites for hydroxylation is 2. The lowest BCUT2D eigenvalue weighted by Gasteiger charge is -2.09. The summed E-state index contributed by atoms with van der Waals surface area (Å²) in [5, 5.41) is 30.9. The van der Waals surface area contributed by atoms with E-state index in [9.17, 15) is 23.2 Å². The smallest absolute Gasteiger partial charge is 0.151 e. The lowest BCUT2D eigenvalue weighted by atomic mass is 9.98. The number of benzene rings is 6. The van der Waals surface area contributed by atoms with Gasteiger partial charge < -0.3 is 0 Å². The Kier molecular flexibility index (Phi) is 13.8. The predicted molar refractivity (Wildman–Crippen MR) is 223 cm³/mol. The van der Waals surface area contributed by atoms with E-state index in [4.69, 9.17) is 5.26 Å². The third kappa shape index (κ3) is 9.77. The standard InChI is InChI=1S/C15H9BrFN3.C11H5BrFN.C11H6BrFO.C4H5BrN2/c1-20-15(14(16)8-19-20)12-4-2-9-6-10(17)3-5-11(9)13(12)7-18;2*12-11-4-1-7-5-8(13)2-3-9(7)10(11)6-14;1-7-3-4(5)2-6-7/h2-6,8H,1H3;1-5H;1-6H;2-3H,1H3. The SMILES string of the molecule is Cn1cc(Br)cn1.Cn1ncc(Br)c1-c1ccc2cc(F)ccc2c1C#N.N#Cc1c(Br)ccc2cc(F)ccc12.O=Cc1c(Br)ccc2cc(F)ccc12. The highest BCUT2D eigenvalue weighted by molar-refractivity contribution is 9.11. The van der Waals surface area contributed by atoms with Crippen molar-refractivity contribution >= 4 is 102 Å². The van der Waals surface area contributed by atoms with Crippen LogP contribution in [-0.4, -0.2) is 25.8 Å². The summed E-state index contributed by atoms with van der Waals surface area (Å²) in [6.07, 6.45) is 6.09. The van der Waals surface area contributed by atoms with E-state index in [2.05, 4.69) is 86.1 Å². The van der Waals surface area contributed by atoms with Gasteiger partial charge in [-0.1, -0.05) is 58.4 Å². The summed E-state index contributed by atoms with van der Waals surface area (Å²) in [6.45, 7) is 0. The number of aldehydes is 1. The summed E-state index contributed by atoms with van der Waals surface area (Å²) in [7, 11) is 3.70. The first-order chi connectivity index (χ1) is 26.3. The Balaban J connectivity index is 0.000000148. The van der Waals surface area contributed by atoms with Crippen molar-refractivity contribution in [3.63, 3.8) is 0 Å². The van der Waals surface area contributed by atoms with Gasteiger partial charge in [0.15, 0.2) is 6.29 Å². The zero-order chi connectivity index (χ0) is 39.8. The fraction of sp³-hybridized carbons (Fsp3) is 0.0488. The molecule has 2 heterocycles. The first-order valence-corrected chi connectivity index (χ1v) is 19.1. The minimum atomic E-state index is -0.309. The van der Waals surface area contributed by atoms with Crippen LogP contribution in [0.4, 0.5) is 13.2 Å². The number of aromatic nitrogens is 4. The number of carbonyl (C=O) groups excluding carboxylic acids is 1. The Labute approximate surface area is 347 Å². The molecule has 0 saturated carbocycles. The largest absolute Gasteiger partial charge is 0.298 e. The van der Waals surface area contributed by atoms with Crippen molar-refractivity contribution in [3.05, 3.63) is 162 Å². The summed E-state index contributed by atoms with van der Waals surface area (Å²) in [5.41, 5.74) is 3.23. The van der Waals surface area contributed by atoms with Crippen LogP contribution in [0.25, 0.3) is 43.6 Å². The first-order valence-electron chi connectivity index (χ1n) is 15.9. The molecule has 8 rings (SSSR count). The van der Waals surface area contributed by atoms with Crippen molar-refractivity contribution in [1.29, 1.82) is 10.5 Å². The van der Waals surface area contributed by atoms with Crippen LogP contribution < -0.4 is 0 Å². The molecule has 0 spiro atoms. The highest BCUT2D eigenvalue weighted by Crippen LogP contribution is 2.34. The van der Waals surface area contributed by atoms with Gasteiger partial charge in [0.1, 0.15) is 29.6 Å². The normalized spacial score (nSPS) is 10.3. The van der Waals surface area contributed by atoms with Crippen LogP contribution in [0.3, 0.4) is 0 Å².